The molecule has 0 aliphatic carbocycles. The van der Waals surface area contributed by atoms with Gasteiger partial charge in [-0.25, -0.2) is 0 Å². The first-order chi connectivity index (χ1) is 9.25. The molecule has 122 valence electrons. The van der Waals surface area contributed by atoms with E-state index < -0.39 is 53.1 Å². The largest absolute Gasteiger partial charge is 0.926 e. The molecule has 2 rings (SSSR count). The van der Waals surface area contributed by atoms with Gasteiger partial charge in [-0.3, -0.25) is 13.7 Å². The van der Waals surface area contributed by atoms with E-state index in [0.29, 0.717) is 0 Å². The van der Waals surface area contributed by atoms with E-state index in [4.69, 9.17) is 21.5 Å². The van der Waals surface area contributed by atoms with Crippen LogP contribution in [0.1, 0.15) is 20.8 Å². The van der Waals surface area contributed by atoms with Crippen molar-refractivity contribution in [2.75, 3.05) is 18.5 Å². The Morgan fingerprint density at radius 1 is 0.905 bits per heavy atom. The molecule has 0 amide bonds. The minimum atomic E-state index is -3.50. The summed E-state index contributed by atoms with van der Waals surface area (Å²) >= 11 is -5.36. The fourth-order valence-electron chi connectivity index (χ4n) is 1.35. The normalized spacial score (nSPS) is 23.0. The second-order valence-electron chi connectivity index (χ2n) is 3.99. The highest BCUT2D eigenvalue weighted by Crippen LogP contribution is 2.64. The van der Waals surface area contributed by atoms with E-state index in [-0.39, 0.29) is 24.0 Å². The van der Waals surface area contributed by atoms with Crippen LogP contribution in [0.4, 0.5) is 0 Å². The van der Waals surface area contributed by atoms with Crippen molar-refractivity contribution < 1.29 is 40.6 Å². The van der Waals surface area contributed by atoms with Crippen LogP contribution in [0.15, 0.2) is 0 Å². The summed E-state index contributed by atoms with van der Waals surface area (Å²) in [5.74, 6) is 0. The van der Waals surface area contributed by atoms with Gasteiger partial charge < -0.3 is 26.9 Å². The van der Waals surface area contributed by atoms with E-state index in [9.17, 15) is 13.7 Å². The van der Waals surface area contributed by atoms with Gasteiger partial charge in [-0.1, -0.05) is 20.8 Å². The minimum absolute atomic E-state index is 0. The van der Waals surface area contributed by atoms with Crippen molar-refractivity contribution in [3.63, 3.8) is 0 Å². The Balaban J connectivity index is 0.00000220. The van der Waals surface area contributed by atoms with Gasteiger partial charge >= 0.3 is 30.3 Å². The molecule has 2 aliphatic heterocycles. The minimum Gasteiger partial charge on any atom is -0.412 e. The van der Waals surface area contributed by atoms with Gasteiger partial charge in [0.1, 0.15) is 0 Å². The summed E-state index contributed by atoms with van der Waals surface area (Å²) < 4.78 is 65.9. The van der Waals surface area contributed by atoms with Crippen molar-refractivity contribution in [3.8, 4) is 0 Å². The average Bonchev–Trinajstić information content (AvgIpc) is 2.34. The summed E-state index contributed by atoms with van der Waals surface area (Å²) in [6.07, 6.45) is 0.535. The maximum Gasteiger partial charge on any atom is 0.926 e. The molecule has 2 fully saturated rings. The molecule has 0 aromatic rings. The fraction of sp³-hybridized carbons (Fsp3) is 1.00. The predicted octanol–water partition coefficient (Wildman–Crippen LogP) is 1.90. The van der Waals surface area contributed by atoms with Crippen LogP contribution in [0.2, 0.25) is 0 Å². The van der Waals surface area contributed by atoms with Gasteiger partial charge in [-0.05, 0) is 0 Å². The molecular weight excluding hydrogens is 379 g/mol. The molecular formula is C6H17Al2O10P3. The van der Waals surface area contributed by atoms with Crippen LogP contribution in [0.3, 0.4) is 0 Å². The van der Waals surface area contributed by atoms with Gasteiger partial charge in [0.2, 0.25) is 0 Å². The van der Waals surface area contributed by atoms with Crippen molar-refractivity contribution in [2.45, 2.75) is 20.8 Å². The van der Waals surface area contributed by atoms with Gasteiger partial charge in [0, 0.05) is 18.5 Å². The topological polar surface area (TPSA) is 138 Å². The van der Waals surface area contributed by atoms with Gasteiger partial charge in [0.15, 0.2) is 0 Å². The third-order valence-corrected chi connectivity index (χ3v) is 16.8. The molecule has 10 nitrogen and oxygen atoms in total. The van der Waals surface area contributed by atoms with Crippen LogP contribution < -0.4 is 0 Å². The standard InChI is InChI=1S/3C2H7O3P.2Al.H2O/c3*1-2-6(3,4)5;;;/h3*2H2,1H3,(H2,3,4,5);;;1H2/q;;;2*+3;/p-6. The Labute approximate surface area is 133 Å². The van der Waals surface area contributed by atoms with Crippen molar-refractivity contribution in [2.24, 2.45) is 0 Å². The Hall–Kier alpha value is 1.47. The van der Waals surface area contributed by atoms with Crippen molar-refractivity contribution in [3.05, 3.63) is 0 Å². The molecule has 2 N–H and O–H groups in total. The molecule has 0 unspecified atom stereocenters. The zero-order chi connectivity index (χ0) is 15.0. The summed E-state index contributed by atoms with van der Waals surface area (Å²) in [6, 6.07) is 0. The summed E-state index contributed by atoms with van der Waals surface area (Å²) in [5.41, 5.74) is 0. The monoisotopic (exact) mass is 396 g/mol. The molecule has 0 aromatic heterocycles. The highest BCUT2D eigenvalue weighted by atomic mass is 31.2. The predicted molar refractivity (Wildman–Crippen MR) is 76.1 cm³/mol. The summed E-state index contributed by atoms with van der Waals surface area (Å²) in [4.78, 5) is 0. The van der Waals surface area contributed by atoms with Crippen molar-refractivity contribution >= 4 is 53.1 Å². The van der Waals surface area contributed by atoms with Gasteiger partial charge in [0.05, 0.1) is 0 Å². The SMILES string of the molecule is CCP1(=O)[O][Al]([O]P(=O)(CC)[O][Al]2[O]P(=O)(CC)[O]2)[O]1.O. The first-order valence-electron chi connectivity index (χ1n) is 6.13. The van der Waals surface area contributed by atoms with Crippen LogP contribution in [0.25, 0.3) is 0 Å². The summed E-state index contributed by atoms with van der Waals surface area (Å²) in [6.45, 7) is 4.92. The van der Waals surface area contributed by atoms with Crippen molar-refractivity contribution in [1.82, 2.24) is 0 Å². The third kappa shape index (κ3) is 4.97. The molecule has 2 aliphatic rings. The van der Waals surface area contributed by atoms with E-state index in [1.165, 1.54) is 0 Å². The Kier molecular flexibility index (Phi) is 7.40. The Morgan fingerprint density at radius 3 is 1.48 bits per heavy atom. The smallest absolute Gasteiger partial charge is 0.412 e. The molecule has 2 saturated heterocycles. The average molecular weight is 396 g/mol. The second kappa shape index (κ2) is 7.57. The van der Waals surface area contributed by atoms with E-state index in [2.05, 4.69) is 0 Å². The number of rotatable bonds is 7. The molecule has 15 heteroatoms. The zero-order valence-electron chi connectivity index (χ0n) is 11.8. The Morgan fingerprint density at radius 2 is 1.24 bits per heavy atom. The molecule has 21 heavy (non-hydrogen) atoms. The molecule has 0 aromatic carbocycles. The first kappa shape index (κ1) is 20.5. The molecule has 0 spiro atoms. The van der Waals surface area contributed by atoms with E-state index >= 15 is 0 Å². The maximum absolute atomic E-state index is 12.3. The number of hydrogen-bond acceptors (Lipinski definition) is 9. The quantitative estimate of drug-likeness (QED) is 0.466. The van der Waals surface area contributed by atoms with Crippen molar-refractivity contribution in [1.29, 1.82) is 0 Å². The molecule has 2 heterocycles. The molecule has 0 saturated carbocycles. The van der Waals surface area contributed by atoms with E-state index in [0.717, 1.165) is 0 Å². The summed E-state index contributed by atoms with van der Waals surface area (Å²) in [7, 11) is -9.53. The van der Waals surface area contributed by atoms with Crippen LogP contribution in [0.5, 0.6) is 0 Å². The molecule has 0 bridgehead atoms. The van der Waals surface area contributed by atoms with Crippen LogP contribution in [-0.2, 0) is 35.1 Å². The van der Waals surface area contributed by atoms with Crippen LogP contribution in [-0.4, -0.2) is 54.3 Å². The van der Waals surface area contributed by atoms with Crippen LogP contribution in [0, 0.1) is 0 Å². The lowest BCUT2D eigenvalue weighted by Gasteiger charge is -2.36. The van der Waals surface area contributed by atoms with E-state index in [1.807, 2.05) is 0 Å². The second-order valence-corrected chi connectivity index (χ2v) is 15.8. The molecule has 0 atom stereocenters. The zero-order valence-corrected chi connectivity index (χ0v) is 16.8. The van der Waals surface area contributed by atoms with Crippen LogP contribution >= 0.6 is 22.8 Å². The lowest BCUT2D eigenvalue weighted by atomic mass is 11.0. The lowest BCUT2D eigenvalue weighted by Crippen LogP contribution is -2.38. The third-order valence-electron chi connectivity index (χ3n) is 2.64. The highest BCUT2D eigenvalue weighted by molar-refractivity contribution is 7.62. The highest BCUT2D eigenvalue weighted by Gasteiger charge is 2.61. The maximum atomic E-state index is 12.3. The van der Waals surface area contributed by atoms with E-state index in [1.54, 1.807) is 20.8 Å². The number of hydrogen-bond donors (Lipinski definition) is 0. The molecule has 0 radical (unpaired) electrons. The van der Waals surface area contributed by atoms with Gasteiger partial charge in [0.25, 0.3) is 22.8 Å². The lowest BCUT2D eigenvalue weighted by molar-refractivity contribution is 0.176. The fourth-order valence-corrected chi connectivity index (χ4v) is 14.0. The van der Waals surface area contributed by atoms with Gasteiger partial charge in [-0.15, -0.1) is 0 Å². The first-order valence-corrected chi connectivity index (χ1v) is 14.1. The Bertz CT molecular complexity index is 453. The summed E-state index contributed by atoms with van der Waals surface area (Å²) in [5, 5.41) is 0. The van der Waals surface area contributed by atoms with Gasteiger partial charge in [-0.2, -0.15) is 0 Å².